The highest BCUT2D eigenvalue weighted by molar-refractivity contribution is 9.09. The smallest absolute Gasteiger partial charge is 0.251 e. The van der Waals surface area contributed by atoms with E-state index in [1.54, 1.807) is 0 Å². The third-order valence-electron chi connectivity index (χ3n) is 2.98. The van der Waals surface area contributed by atoms with Gasteiger partial charge in [0.2, 0.25) is 0 Å². The van der Waals surface area contributed by atoms with Crippen molar-refractivity contribution in [2.24, 2.45) is 0 Å². The number of ether oxygens (including phenoxy) is 1. The summed E-state index contributed by atoms with van der Waals surface area (Å²) in [4.78, 5) is 11.9. The third kappa shape index (κ3) is 6.94. The Kier molecular flexibility index (Phi) is 9.13. The van der Waals surface area contributed by atoms with Gasteiger partial charge in [-0.15, -0.1) is 0 Å². The van der Waals surface area contributed by atoms with Crippen LogP contribution in [-0.2, 0) is 0 Å². The summed E-state index contributed by atoms with van der Waals surface area (Å²) in [6.45, 7) is 3.60. The first-order valence-corrected chi connectivity index (χ1v) is 8.47. The summed E-state index contributed by atoms with van der Waals surface area (Å²) in [5, 5.41) is 3.96. The van der Waals surface area contributed by atoms with Gasteiger partial charge < -0.3 is 10.1 Å². The van der Waals surface area contributed by atoms with E-state index in [1.165, 1.54) is 0 Å². The predicted octanol–water partition coefficient (Wildman–Crippen LogP) is 4.16. The van der Waals surface area contributed by atoms with Crippen LogP contribution in [0.25, 0.3) is 0 Å². The molecule has 4 heteroatoms. The molecule has 0 heterocycles. The SMILES string of the molecule is CCCCOc1ccc(C(=O)NCCCCCBr)cc1. The molecule has 1 N–H and O–H groups in total. The summed E-state index contributed by atoms with van der Waals surface area (Å²) < 4.78 is 5.57. The van der Waals surface area contributed by atoms with Crippen LogP contribution in [0.15, 0.2) is 24.3 Å². The number of halogens is 1. The molecule has 0 bridgehead atoms. The minimum atomic E-state index is -0.0102. The second-order valence-electron chi connectivity index (χ2n) is 4.73. The standard InChI is InChI=1S/C16H24BrNO2/c1-2-3-13-20-15-9-7-14(8-10-15)16(19)18-12-6-4-5-11-17/h7-10H,2-6,11-13H2,1H3,(H,18,19). The van der Waals surface area contributed by atoms with Crippen LogP contribution in [0, 0.1) is 0 Å². The first-order valence-electron chi connectivity index (χ1n) is 7.35. The first kappa shape index (κ1) is 17.0. The molecular formula is C16H24BrNO2. The number of hydrogen-bond donors (Lipinski definition) is 1. The molecule has 0 radical (unpaired) electrons. The molecule has 1 amide bonds. The summed E-state index contributed by atoms with van der Waals surface area (Å²) in [5.74, 6) is 0.816. The van der Waals surface area contributed by atoms with Crippen LogP contribution in [0.5, 0.6) is 5.75 Å². The van der Waals surface area contributed by atoms with E-state index in [4.69, 9.17) is 4.74 Å². The van der Waals surface area contributed by atoms with Gasteiger partial charge in [0.25, 0.3) is 5.91 Å². The van der Waals surface area contributed by atoms with E-state index < -0.39 is 0 Å². The van der Waals surface area contributed by atoms with Crippen molar-refractivity contribution in [3.05, 3.63) is 29.8 Å². The maximum Gasteiger partial charge on any atom is 0.251 e. The highest BCUT2D eigenvalue weighted by Crippen LogP contribution is 2.12. The van der Waals surface area contributed by atoms with Gasteiger partial charge in [0.15, 0.2) is 0 Å². The third-order valence-corrected chi connectivity index (χ3v) is 3.54. The summed E-state index contributed by atoms with van der Waals surface area (Å²) in [6.07, 6.45) is 5.48. The Morgan fingerprint density at radius 3 is 2.55 bits per heavy atom. The van der Waals surface area contributed by atoms with Crippen molar-refractivity contribution in [3.8, 4) is 5.75 Å². The maximum atomic E-state index is 11.9. The van der Waals surface area contributed by atoms with Gasteiger partial charge in [0, 0.05) is 17.4 Å². The fourth-order valence-corrected chi connectivity index (χ4v) is 2.13. The molecule has 0 saturated heterocycles. The van der Waals surface area contributed by atoms with Gasteiger partial charge in [-0.2, -0.15) is 0 Å². The molecular weight excluding hydrogens is 318 g/mol. The van der Waals surface area contributed by atoms with Crippen molar-refractivity contribution < 1.29 is 9.53 Å². The van der Waals surface area contributed by atoms with Gasteiger partial charge in [0.1, 0.15) is 5.75 Å². The molecule has 0 fully saturated rings. The minimum absolute atomic E-state index is 0.0102. The molecule has 0 spiro atoms. The number of rotatable bonds is 10. The molecule has 0 aliphatic carbocycles. The van der Waals surface area contributed by atoms with Crippen LogP contribution >= 0.6 is 15.9 Å². The first-order chi connectivity index (χ1) is 9.77. The van der Waals surface area contributed by atoms with Crippen molar-refractivity contribution in [3.63, 3.8) is 0 Å². The number of carbonyl (C=O) groups is 1. The zero-order valence-corrected chi connectivity index (χ0v) is 13.7. The number of unbranched alkanes of at least 4 members (excludes halogenated alkanes) is 3. The number of hydrogen-bond acceptors (Lipinski definition) is 2. The van der Waals surface area contributed by atoms with E-state index in [9.17, 15) is 4.79 Å². The van der Waals surface area contributed by atoms with E-state index in [1.807, 2.05) is 24.3 Å². The summed E-state index contributed by atoms with van der Waals surface area (Å²) in [6, 6.07) is 7.34. The van der Waals surface area contributed by atoms with Gasteiger partial charge in [0.05, 0.1) is 6.61 Å². The highest BCUT2D eigenvalue weighted by Gasteiger charge is 2.04. The number of carbonyl (C=O) groups excluding carboxylic acids is 1. The Balaban J connectivity index is 2.30. The second kappa shape index (κ2) is 10.7. The number of amides is 1. The normalized spacial score (nSPS) is 10.3. The Morgan fingerprint density at radius 1 is 1.15 bits per heavy atom. The molecule has 0 aliphatic rings. The van der Waals surface area contributed by atoms with Crippen molar-refractivity contribution in [2.45, 2.75) is 39.0 Å². The molecule has 0 aromatic heterocycles. The summed E-state index contributed by atoms with van der Waals surface area (Å²) in [7, 11) is 0. The summed E-state index contributed by atoms with van der Waals surface area (Å²) >= 11 is 3.40. The largest absolute Gasteiger partial charge is 0.494 e. The lowest BCUT2D eigenvalue weighted by molar-refractivity contribution is 0.0953. The van der Waals surface area contributed by atoms with Crippen molar-refractivity contribution in [1.82, 2.24) is 5.32 Å². The highest BCUT2D eigenvalue weighted by atomic mass is 79.9. The molecule has 0 aliphatic heterocycles. The van der Waals surface area contributed by atoms with Crippen molar-refractivity contribution >= 4 is 21.8 Å². The van der Waals surface area contributed by atoms with Crippen LogP contribution in [0.2, 0.25) is 0 Å². The van der Waals surface area contributed by atoms with E-state index in [0.717, 1.165) is 56.3 Å². The van der Waals surface area contributed by atoms with Gasteiger partial charge in [-0.05, 0) is 43.5 Å². The van der Waals surface area contributed by atoms with E-state index in [-0.39, 0.29) is 5.91 Å². The zero-order chi connectivity index (χ0) is 14.6. The average Bonchev–Trinajstić information content (AvgIpc) is 2.48. The molecule has 1 aromatic carbocycles. The number of alkyl halides is 1. The number of nitrogens with one attached hydrogen (secondary N) is 1. The Morgan fingerprint density at radius 2 is 1.90 bits per heavy atom. The lowest BCUT2D eigenvalue weighted by Crippen LogP contribution is -2.24. The molecule has 0 atom stereocenters. The van der Waals surface area contributed by atoms with Crippen LogP contribution < -0.4 is 10.1 Å². The van der Waals surface area contributed by atoms with Crippen LogP contribution in [-0.4, -0.2) is 24.4 Å². The van der Waals surface area contributed by atoms with Gasteiger partial charge in [-0.25, -0.2) is 0 Å². The van der Waals surface area contributed by atoms with Gasteiger partial charge in [-0.3, -0.25) is 4.79 Å². The minimum Gasteiger partial charge on any atom is -0.494 e. The lowest BCUT2D eigenvalue weighted by Gasteiger charge is -2.07. The lowest BCUT2D eigenvalue weighted by atomic mass is 10.2. The molecule has 20 heavy (non-hydrogen) atoms. The molecule has 3 nitrogen and oxygen atoms in total. The molecule has 0 saturated carbocycles. The average molecular weight is 342 g/mol. The van der Waals surface area contributed by atoms with Crippen molar-refractivity contribution in [2.75, 3.05) is 18.5 Å². The quantitative estimate of drug-likeness (QED) is 0.512. The van der Waals surface area contributed by atoms with Gasteiger partial charge in [-0.1, -0.05) is 35.7 Å². The fraction of sp³-hybridized carbons (Fsp3) is 0.562. The maximum absolute atomic E-state index is 11.9. The Labute approximate surface area is 130 Å². The van der Waals surface area contributed by atoms with Crippen molar-refractivity contribution in [1.29, 1.82) is 0 Å². The topological polar surface area (TPSA) is 38.3 Å². The van der Waals surface area contributed by atoms with Crippen LogP contribution in [0.4, 0.5) is 0 Å². The molecule has 1 rings (SSSR count). The predicted molar refractivity (Wildman–Crippen MR) is 86.8 cm³/mol. The van der Waals surface area contributed by atoms with Crippen LogP contribution in [0.1, 0.15) is 49.4 Å². The van der Waals surface area contributed by atoms with E-state index in [0.29, 0.717) is 5.56 Å². The molecule has 1 aromatic rings. The molecule has 0 unspecified atom stereocenters. The van der Waals surface area contributed by atoms with Crippen LogP contribution in [0.3, 0.4) is 0 Å². The summed E-state index contributed by atoms with van der Waals surface area (Å²) in [5.41, 5.74) is 0.688. The fourth-order valence-electron chi connectivity index (χ4n) is 1.74. The van der Waals surface area contributed by atoms with E-state index >= 15 is 0 Å². The molecule has 112 valence electrons. The van der Waals surface area contributed by atoms with E-state index in [2.05, 4.69) is 28.2 Å². The Hall–Kier alpha value is -1.03. The Bertz CT molecular complexity index is 379. The van der Waals surface area contributed by atoms with Gasteiger partial charge >= 0.3 is 0 Å². The zero-order valence-electron chi connectivity index (χ0n) is 12.2. The second-order valence-corrected chi connectivity index (χ2v) is 5.52. The number of benzene rings is 1. The monoisotopic (exact) mass is 341 g/mol.